The molecule has 4 heteroatoms. The monoisotopic (exact) mass is 324 g/mol. The molecule has 1 aliphatic rings. The maximum absolute atomic E-state index is 12.7. The molecule has 1 amide bonds. The van der Waals surface area contributed by atoms with E-state index in [2.05, 4.69) is 5.32 Å². The number of nitrogens with one attached hydrogen (secondary N) is 1. The lowest BCUT2D eigenvalue weighted by molar-refractivity contribution is -0.121. The van der Waals surface area contributed by atoms with Crippen molar-refractivity contribution in [3.05, 3.63) is 53.6 Å². The van der Waals surface area contributed by atoms with Crippen molar-refractivity contribution in [3.63, 3.8) is 0 Å². The lowest BCUT2D eigenvalue weighted by Gasteiger charge is -2.24. The van der Waals surface area contributed by atoms with Gasteiger partial charge in [-0.05, 0) is 37.1 Å². The molecule has 0 radical (unpaired) electrons. The quantitative estimate of drug-likeness (QED) is 0.930. The number of nitrogens with zero attached hydrogens (tertiary/aromatic N) is 1. The third kappa shape index (κ3) is 3.23. The number of anilines is 2. The number of carbonyl (C=O) groups excluding carboxylic acids is 1. The van der Waals surface area contributed by atoms with E-state index in [1.165, 1.54) is 0 Å². The van der Waals surface area contributed by atoms with Crippen molar-refractivity contribution in [2.24, 2.45) is 5.92 Å². The van der Waals surface area contributed by atoms with Crippen LogP contribution in [0.4, 0.5) is 11.4 Å². The molecule has 4 nitrogen and oxygen atoms in total. The van der Waals surface area contributed by atoms with Crippen molar-refractivity contribution in [2.45, 2.75) is 20.8 Å². The van der Waals surface area contributed by atoms with Gasteiger partial charge in [0, 0.05) is 6.54 Å². The minimum atomic E-state index is -0.0578. The second-order valence-corrected chi connectivity index (χ2v) is 6.36. The van der Waals surface area contributed by atoms with E-state index in [1.54, 1.807) is 0 Å². The molecule has 2 aromatic rings. The van der Waals surface area contributed by atoms with Crippen LogP contribution in [0, 0.1) is 19.8 Å². The minimum absolute atomic E-state index is 0.0578. The van der Waals surface area contributed by atoms with E-state index in [9.17, 15) is 4.79 Å². The summed E-state index contributed by atoms with van der Waals surface area (Å²) >= 11 is 0. The molecule has 0 saturated carbocycles. The molecule has 0 spiro atoms. The average Bonchev–Trinajstić information content (AvgIpc) is 2.69. The summed E-state index contributed by atoms with van der Waals surface area (Å²) in [4.78, 5) is 14.6. The first-order chi connectivity index (χ1) is 11.6. The smallest absolute Gasteiger partial charge is 0.231 e. The second-order valence-electron chi connectivity index (χ2n) is 6.36. The molecule has 1 heterocycles. The molecule has 1 N–H and O–H groups in total. The van der Waals surface area contributed by atoms with Crippen LogP contribution in [-0.4, -0.2) is 25.6 Å². The van der Waals surface area contributed by atoms with Gasteiger partial charge in [-0.25, -0.2) is 0 Å². The average molecular weight is 324 g/mol. The molecule has 1 atom stereocenters. The summed E-state index contributed by atoms with van der Waals surface area (Å²) in [5.74, 6) is 0.995. The van der Waals surface area contributed by atoms with E-state index < -0.39 is 0 Å². The normalized spacial score (nSPS) is 17.0. The van der Waals surface area contributed by atoms with Gasteiger partial charge in [-0.15, -0.1) is 0 Å². The highest BCUT2D eigenvalue weighted by atomic mass is 16.5. The van der Waals surface area contributed by atoms with E-state index in [0.717, 1.165) is 28.3 Å². The van der Waals surface area contributed by atoms with Crippen LogP contribution in [0.5, 0.6) is 5.75 Å². The largest absolute Gasteiger partial charge is 0.491 e. The van der Waals surface area contributed by atoms with Crippen LogP contribution in [-0.2, 0) is 4.79 Å². The molecule has 0 saturated heterocycles. The Morgan fingerprint density at radius 3 is 2.58 bits per heavy atom. The Labute approximate surface area is 143 Å². The van der Waals surface area contributed by atoms with Crippen molar-refractivity contribution in [3.8, 4) is 5.75 Å². The molecular formula is C20H24N2O2. The predicted molar refractivity (Wildman–Crippen MR) is 97.9 cm³/mol. The summed E-state index contributed by atoms with van der Waals surface area (Å²) in [7, 11) is 0. The highest BCUT2D eigenvalue weighted by Gasteiger charge is 2.27. The van der Waals surface area contributed by atoms with Crippen LogP contribution < -0.4 is 15.0 Å². The van der Waals surface area contributed by atoms with Gasteiger partial charge < -0.3 is 15.0 Å². The Morgan fingerprint density at radius 1 is 1.12 bits per heavy atom. The summed E-state index contributed by atoms with van der Waals surface area (Å²) in [6.45, 7) is 7.71. The number of aryl methyl sites for hydroxylation is 2. The molecular weight excluding hydrogens is 300 g/mol. The number of fused-ring (bicyclic) bond motifs is 1. The van der Waals surface area contributed by atoms with Crippen molar-refractivity contribution in [1.82, 2.24) is 0 Å². The lowest BCUT2D eigenvalue weighted by Crippen LogP contribution is -2.38. The topological polar surface area (TPSA) is 41.6 Å². The van der Waals surface area contributed by atoms with Crippen molar-refractivity contribution < 1.29 is 9.53 Å². The summed E-state index contributed by atoms with van der Waals surface area (Å²) in [5.41, 5.74) is 4.17. The fraction of sp³-hybridized carbons (Fsp3) is 0.350. The summed E-state index contributed by atoms with van der Waals surface area (Å²) in [5, 5.41) is 3.36. The molecule has 1 aliphatic heterocycles. The Morgan fingerprint density at radius 2 is 1.83 bits per heavy atom. The molecule has 0 unspecified atom stereocenters. The van der Waals surface area contributed by atoms with Crippen LogP contribution in [0.25, 0.3) is 0 Å². The van der Waals surface area contributed by atoms with Crippen LogP contribution in [0.2, 0.25) is 0 Å². The number of hydrogen-bond acceptors (Lipinski definition) is 3. The maximum atomic E-state index is 12.7. The van der Waals surface area contributed by atoms with Gasteiger partial charge >= 0.3 is 0 Å². The SMILES string of the molecule is Cc1cccc(C)c1OCCN1C(=O)[C@@H](C)CNc2ccccc21. The Balaban J connectivity index is 1.77. The number of carbonyl (C=O) groups is 1. The van der Waals surface area contributed by atoms with Crippen molar-refractivity contribution in [2.75, 3.05) is 29.9 Å². The number of rotatable bonds is 4. The number of benzene rings is 2. The number of amides is 1. The van der Waals surface area contributed by atoms with E-state index in [-0.39, 0.29) is 11.8 Å². The molecule has 3 rings (SSSR count). The van der Waals surface area contributed by atoms with Crippen LogP contribution >= 0.6 is 0 Å². The van der Waals surface area contributed by atoms with Gasteiger partial charge in [0.2, 0.25) is 5.91 Å². The zero-order valence-electron chi connectivity index (χ0n) is 14.5. The van der Waals surface area contributed by atoms with Crippen molar-refractivity contribution >= 4 is 17.3 Å². The Hall–Kier alpha value is -2.49. The van der Waals surface area contributed by atoms with Gasteiger partial charge in [-0.1, -0.05) is 37.3 Å². The zero-order chi connectivity index (χ0) is 17.1. The fourth-order valence-electron chi connectivity index (χ4n) is 3.09. The highest BCUT2D eigenvalue weighted by molar-refractivity contribution is 5.99. The highest BCUT2D eigenvalue weighted by Crippen LogP contribution is 2.30. The summed E-state index contributed by atoms with van der Waals surface area (Å²) in [6, 6.07) is 14.1. The minimum Gasteiger partial charge on any atom is -0.491 e. The molecule has 126 valence electrons. The number of para-hydroxylation sites is 3. The van der Waals surface area contributed by atoms with Crippen LogP contribution in [0.15, 0.2) is 42.5 Å². The number of ether oxygens (including phenoxy) is 1. The van der Waals surface area contributed by atoms with Gasteiger partial charge in [0.25, 0.3) is 0 Å². The first-order valence-corrected chi connectivity index (χ1v) is 8.41. The predicted octanol–water partition coefficient (Wildman–Crippen LogP) is 3.78. The molecule has 24 heavy (non-hydrogen) atoms. The van der Waals surface area contributed by atoms with E-state index >= 15 is 0 Å². The summed E-state index contributed by atoms with van der Waals surface area (Å²) in [6.07, 6.45) is 0. The summed E-state index contributed by atoms with van der Waals surface area (Å²) < 4.78 is 6.00. The van der Waals surface area contributed by atoms with E-state index in [4.69, 9.17) is 4.74 Å². The zero-order valence-corrected chi connectivity index (χ0v) is 14.5. The Bertz CT molecular complexity index is 722. The first-order valence-electron chi connectivity index (χ1n) is 8.41. The molecule has 0 aromatic heterocycles. The van der Waals surface area contributed by atoms with Gasteiger partial charge in [-0.2, -0.15) is 0 Å². The molecule has 0 bridgehead atoms. The van der Waals surface area contributed by atoms with E-state index in [0.29, 0.717) is 19.7 Å². The van der Waals surface area contributed by atoms with Gasteiger partial charge in [-0.3, -0.25) is 4.79 Å². The van der Waals surface area contributed by atoms with Gasteiger partial charge in [0.1, 0.15) is 12.4 Å². The first kappa shape index (κ1) is 16.4. The van der Waals surface area contributed by atoms with Gasteiger partial charge in [0.05, 0.1) is 23.8 Å². The standard InChI is InChI=1S/C20H24N2O2/c1-14-7-6-8-15(2)19(14)24-12-11-22-18-10-5-4-9-17(18)21-13-16(3)20(22)23/h4-10,16,21H,11-13H2,1-3H3/t16-/m0/s1. The third-order valence-electron chi connectivity index (χ3n) is 4.45. The van der Waals surface area contributed by atoms with Crippen LogP contribution in [0.3, 0.4) is 0 Å². The van der Waals surface area contributed by atoms with Gasteiger partial charge in [0.15, 0.2) is 0 Å². The van der Waals surface area contributed by atoms with E-state index in [1.807, 2.05) is 68.1 Å². The molecule has 0 aliphatic carbocycles. The Kier molecular flexibility index (Phi) is 4.74. The van der Waals surface area contributed by atoms with Crippen LogP contribution in [0.1, 0.15) is 18.1 Å². The maximum Gasteiger partial charge on any atom is 0.231 e. The molecule has 2 aromatic carbocycles. The fourth-order valence-corrected chi connectivity index (χ4v) is 3.09. The third-order valence-corrected chi connectivity index (χ3v) is 4.45. The van der Waals surface area contributed by atoms with Crippen molar-refractivity contribution in [1.29, 1.82) is 0 Å². The second kappa shape index (κ2) is 6.95. The number of hydrogen-bond donors (Lipinski definition) is 1. The molecule has 0 fully saturated rings. The lowest BCUT2D eigenvalue weighted by atomic mass is 10.1.